The van der Waals surface area contributed by atoms with Gasteiger partial charge in [0.2, 0.25) is 5.91 Å². The second-order valence-corrected chi connectivity index (χ2v) is 6.56. The molecule has 0 aliphatic carbocycles. The van der Waals surface area contributed by atoms with Gasteiger partial charge in [-0.25, -0.2) is 0 Å². The Morgan fingerprint density at radius 2 is 1.41 bits per heavy atom. The highest BCUT2D eigenvalue weighted by Gasteiger charge is 2.17. The Bertz CT molecular complexity index is 377. The van der Waals surface area contributed by atoms with E-state index in [1.54, 1.807) is 0 Å². The van der Waals surface area contributed by atoms with Gasteiger partial charge in [0, 0.05) is 17.8 Å². The van der Waals surface area contributed by atoms with Crippen LogP contribution in [0.1, 0.15) is 54.4 Å². The second kappa shape index (κ2) is 10.5. The van der Waals surface area contributed by atoms with Crippen LogP contribution in [0.25, 0.3) is 0 Å². The van der Waals surface area contributed by atoms with E-state index < -0.39 is 0 Å². The molecule has 0 bridgehead atoms. The zero-order chi connectivity index (χ0) is 17.3. The lowest BCUT2D eigenvalue weighted by Crippen LogP contribution is -2.35. The minimum absolute atomic E-state index is 0.0182. The zero-order valence-corrected chi connectivity index (χ0v) is 14.8. The topological polar surface area (TPSA) is 72.5 Å². The van der Waals surface area contributed by atoms with Gasteiger partial charge in [-0.1, -0.05) is 34.6 Å². The summed E-state index contributed by atoms with van der Waals surface area (Å²) in [6.45, 7) is 11.3. The highest BCUT2D eigenvalue weighted by molar-refractivity contribution is 5.87. The Balaban J connectivity index is 3.96. The fourth-order valence-corrected chi connectivity index (χ4v) is 1.64. The van der Waals surface area contributed by atoms with Crippen molar-refractivity contribution in [1.82, 2.24) is 5.32 Å². The molecule has 0 heterocycles. The highest BCUT2D eigenvalue weighted by Crippen LogP contribution is 2.11. The first-order valence-corrected chi connectivity index (χ1v) is 8.09. The first kappa shape index (κ1) is 20.8. The lowest BCUT2D eigenvalue weighted by atomic mass is 10.0. The Morgan fingerprint density at radius 1 is 0.864 bits per heavy atom. The molecule has 5 nitrogen and oxygen atoms in total. The molecule has 22 heavy (non-hydrogen) atoms. The third kappa shape index (κ3) is 8.93. The minimum atomic E-state index is -0.174. The summed E-state index contributed by atoms with van der Waals surface area (Å²) in [6.07, 6.45) is 1.31. The van der Waals surface area contributed by atoms with Crippen LogP contribution in [-0.2, 0) is 19.1 Å². The van der Waals surface area contributed by atoms with E-state index in [-0.39, 0.29) is 54.5 Å². The van der Waals surface area contributed by atoms with Crippen molar-refractivity contribution < 1.29 is 19.1 Å². The van der Waals surface area contributed by atoms with Gasteiger partial charge in [-0.3, -0.25) is 14.4 Å². The molecule has 2 unspecified atom stereocenters. The standard InChI is InChI=1S/C17H31NO4/c1-11(2)15(19)9-18-17(21)13(5)7-8-14(6)22-10-16(20)12(3)4/h11-14H,7-10H2,1-6H3,(H,18,21). The van der Waals surface area contributed by atoms with Crippen LogP contribution in [0.4, 0.5) is 0 Å². The molecule has 5 heteroatoms. The van der Waals surface area contributed by atoms with Crippen LogP contribution < -0.4 is 5.32 Å². The number of hydrogen-bond acceptors (Lipinski definition) is 4. The lowest BCUT2D eigenvalue weighted by molar-refractivity contribution is -0.129. The molecule has 0 aromatic heterocycles. The van der Waals surface area contributed by atoms with E-state index in [9.17, 15) is 14.4 Å². The van der Waals surface area contributed by atoms with E-state index in [0.29, 0.717) is 12.8 Å². The fourth-order valence-electron chi connectivity index (χ4n) is 1.64. The molecule has 0 aromatic rings. The number of carbonyl (C=O) groups is 3. The van der Waals surface area contributed by atoms with E-state index in [1.807, 2.05) is 41.5 Å². The Morgan fingerprint density at radius 3 is 1.91 bits per heavy atom. The number of hydrogen-bond donors (Lipinski definition) is 1. The predicted octanol–water partition coefficient (Wildman–Crippen LogP) is 2.37. The number of Topliss-reactive ketones (excluding diaryl/α,β-unsaturated/α-hetero) is 2. The fraction of sp³-hybridized carbons (Fsp3) is 0.824. The summed E-state index contributed by atoms with van der Waals surface area (Å²) in [5.74, 6) is -0.251. The predicted molar refractivity (Wildman–Crippen MR) is 86.5 cm³/mol. The molecule has 0 aliphatic rings. The van der Waals surface area contributed by atoms with Crippen molar-refractivity contribution in [3.63, 3.8) is 0 Å². The van der Waals surface area contributed by atoms with Crippen molar-refractivity contribution in [2.24, 2.45) is 17.8 Å². The molecule has 0 saturated carbocycles. The summed E-state index contributed by atoms with van der Waals surface area (Å²) < 4.78 is 5.49. The van der Waals surface area contributed by atoms with Crippen LogP contribution in [0.5, 0.6) is 0 Å². The van der Waals surface area contributed by atoms with Crippen molar-refractivity contribution >= 4 is 17.5 Å². The third-order valence-electron chi connectivity index (χ3n) is 3.69. The maximum Gasteiger partial charge on any atom is 0.223 e. The number of rotatable bonds is 11. The normalized spacial score (nSPS) is 14.0. The quantitative estimate of drug-likeness (QED) is 0.635. The molecule has 0 aromatic carbocycles. The summed E-state index contributed by atoms with van der Waals surface area (Å²) in [4.78, 5) is 34.8. The number of ether oxygens (including phenoxy) is 1. The Kier molecular flexibility index (Phi) is 9.90. The number of amides is 1. The van der Waals surface area contributed by atoms with Crippen molar-refractivity contribution in [3.05, 3.63) is 0 Å². The molecule has 0 fully saturated rings. The Labute approximate surface area is 134 Å². The summed E-state index contributed by atoms with van der Waals surface area (Å²) in [6, 6.07) is 0. The van der Waals surface area contributed by atoms with Gasteiger partial charge in [0.05, 0.1) is 12.6 Å². The molecule has 0 saturated heterocycles. The molecule has 128 valence electrons. The SMILES string of the molecule is CC(CCC(C)C(=O)NCC(=O)C(C)C)OCC(=O)C(C)C. The van der Waals surface area contributed by atoms with Crippen molar-refractivity contribution in [3.8, 4) is 0 Å². The van der Waals surface area contributed by atoms with Crippen molar-refractivity contribution in [1.29, 1.82) is 0 Å². The van der Waals surface area contributed by atoms with E-state index in [1.165, 1.54) is 0 Å². The van der Waals surface area contributed by atoms with Crippen LogP contribution in [0.15, 0.2) is 0 Å². The zero-order valence-electron chi connectivity index (χ0n) is 14.8. The van der Waals surface area contributed by atoms with Gasteiger partial charge in [-0.15, -0.1) is 0 Å². The Hall–Kier alpha value is -1.23. The first-order chi connectivity index (χ1) is 10.1. The van der Waals surface area contributed by atoms with Gasteiger partial charge in [-0.2, -0.15) is 0 Å². The average molecular weight is 313 g/mol. The summed E-state index contributed by atoms with van der Waals surface area (Å²) in [7, 11) is 0. The van der Waals surface area contributed by atoms with Gasteiger partial charge in [-0.05, 0) is 19.8 Å². The van der Waals surface area contributed by atoms with Crippen molar-refractivity contribution in [2.45, 2.75) is 60.5 Å². The van der Waals surface area contributed by atoms with Gasteiger partial charge in [0.15, 0.2) is 11.6 Å². The summed E-state index contributed by atoms with van der Waals surface area (Å²) >= 11 is 0. The molecule has 0 spiro atoms. The number of nitrogens with one attached hydrogen (secondary N) is 1. The van der Waals surface area contributed by atoms with Gasteiger partial charge in [0.25, 0.3) is 0 Å². The van der Waals surface area contributed by atoms with Crippen LogP contribution in [-0.4, -0.2) is 36.7 Å². The highest BCUT2D eigenvalue weighted by atomic mass is 16.5. The number of carbonyl (C=O) groups excluding carboxylic acids is 3. The van der Waals surface area contributed by atoms with Crippen LogP contribution >= 0.6 is 0 Å². The molecule has 2 atom stereocenters. The van der Waals surface area contributed by atoms with Gasteiger partial charge >= 0.3 is 0 Å². The monoisotopic (exact) mass is 313 g/mol. The number of ketones is 2. The molecule has 1 amide bonds. The molecule has 0 rings (SSSR count). The molecule has 1 N–H and O–H groups in total. The lowest BCUT2D eigenvalue weighted by Gasteiger charge is -2.16. The van der Waals surface area contributed by atoms with Crippen LogP contribution in [0.3, 0.4) is 0 Å². The molecular weight excluding hydrogens is 282 g/mol. The van der Waals surface area contributed by atoms with Crippen molar-refractivity contribution in [2.75, 3.05) is 13.2 Å². The molecular formula is C17H31NO4. The smallest absolute Gasteiger partial charge is 0.223 e. The van der Waals surface area contributed by atoms with E-state index >= 15 is 0 Å². The molecule has 0 aliphatic heterocycles. The second-order valence-electron chi connectivity index (χ2n) is 6.56. The van der Waals surface area contributed by atoms with E-state index in [2.05, 4.69) is 5.32 Å². The first-order valence-electron chi connectivity index (χ1n) is 8.09. The maximum atomic E-state index is 11.9. The van der Waals surface area contributed by atoms with Crippen LogP contribution in [0.2, 0.25) is 0 Å². The van der Waals surface area contributed by atoms with E-state index in [4.69, 9.17) is 4.74 Å². The third-order valence-corrected chi connectivity index (χ3v) is 3.69. The summed E-state index contributed by atoms with van der Waals surface area (Å²) in [5, 5.41) is 2.67. The van der Waals surface area contributed by atoms with Crippen LogP contribution in [0, 0.1) is 17.8 Å². The van der Waals surface area contributed by atoms with E-state index in [0.717, 1.165) is 0 Å². The largest absolute Gasteiger partial charge is 0.371 e. The van der Waals surface area contributed by atoms with Gasteiger partial charge < -0.3 is 10.1 Å². The molecule has 0 radical (unpaired) electrons. The maximum absolute atomic E-state index is 11.9. The average Bonchev–Trinajstić information content (AvgIpc) is 2.46. The minimum Gasteiger partial charge on any atom is -0.371 e. The van der Waals surface area contributed by atoms with Gasteiger partial charge in [0.1, 0.15) is 6.61 Å². The summed E-state index contributed by atoms with van der Waals surface area (Å²) in [5.41, 5.74) is 0.